The fourth-order valence-corrected chi connectivity index (χ4v) is 5.38. The maximum atomic E-state index is 12.8. The number of fused-ring (bicyclic) bond motifs is 1. The largest absolute Gasteiger partial charge is 0.491 e. The van der Waals surface area contributed by atoms with Crippen molar-refractivity contribution in [3.8, 4) is 5.75 Å². The van der Waals surface area contributed by atoms with Gasteiger partial charge in [-0.25, -0.2) is 4.98 Å². The number of benzene rings is 2. The van der Waals surface area contributed by atoms with E-state index in [0.29, 0.717) is 25.0 Å². The second-order valence-corrected chi connectivity index (χ2v) is 9.07. The van der Waals surface area contributed by atoms with Crippen molar-refractivity contribution in [1.82, 2.24) is 14.5 Å². The maximum Gasteiger partial charge on any atom is 0.223 e. The summed E-state index contributed by atoms with van der Waals surface area (Å²) in [6.07, 6.45) is 5.36. The Morgan fingerprint density at radius 1 is 1.03 bits per heavy atom. The predicted molar refractivity (Wildman–Crippen MR) is 122 cm³/mol. The van der Waals surface area contributed by atoms with Gasteiger partial charge >= 0.3 is 0 Å². The summed E-state index contributed by atoms with van der Waals surface area (Å²) in [6, 6.07) is 14.9. The molecule has 1 amide bonds. The Labute approximate surface area is 184 Å². The smallest absolute Gasteiger partial charge is 0.223 e. The number of hydrogen-bond donors (Lipinski definition) is 0. The number of imidazole rings is 1. The quantitative estimate of drug-likeness (QED) is 0.568. The van der Waals surface area contributed by atoms with Crippen LogP contribution in [0.25, 0.3) is 11.0 Å². The second kappa shape index (κ2) is 8.37. The van der Waals surface area contributed by atoms with E-state index in [0.717, 1.165) is 59.7 Å². The zero-order valence-corrected chi connectivity index (χ0v) is 18.5. The molecular weight excluding hydrogens is 386 g/mol. The Hall–Kier alpha value is -2.82. The number of hydrogen-bond acceptors (Lipinski definition) is 3. The normalized spacial score (nSPS) is 19.6. The summed E-state index contributed by atoms with van der Waals surface area (Å²) in [7, 11) is 0. The Morgan fingerprint density at radius 3 is 2.55 bits per heavy atom. The summed E-state index contributed by atoms with van der Waals surface area (Å²) in [5.41, 5.74) is 4.43. The van der Waals surface area contributed by atoms with Crippen LogP contribution in [0.3, 0.4) is 0 Å². The first-order valence-corrected chi connectivity index (χ1v) is 11.6. The van der Waals surface area contributed by atoms with E-state index in [4.69, 9.17) is 9.72 Å². The van der Waals surface area contributed by atoms with Gasteiger partial charge in [0, 0.05) is 24.9 Å². The van der Waals surface area contributed by atoms with Gasteiger partial charge in [0.25, 0.3) is 0 Å². The monoisotopic (exact) mass is 417 g/mol. The molecule has 162 valence electrons. The third-order valence-electron chi connectivity index (χ3n) is 6.94. The van der Waals surface area contributed by atoms with Gasteiger partial charge in [-0.1, -0.05) is 43.2 Å². The first kappa shape index (κ1) is 20.1. The van der Waals surface area contributed by atoms with Gasteiger partial charge in [-0.15, -0.1) is 0 Å². The average molecular weight is 418 g/mol. The summed E-state index contributed by atoms with van der Waals surface area (Å²) in [6.45, 7) is 6.26. The van der Waals surface area contributed by atoms with Gasteiger partial charge in [-0.3, -0.25) is 4.79 Å². The number of ether oxygens (including phenoxy) is 1. The third kappa shape index (κ3) is 3.82. The SMILES string of the molecule is Cc1cccc(C)c1OCCn1c(C2CC(=O)N(C3CCCC3)C2)nc2ccccc21. The standard InChI is InChI=1S/C26H31N3O2/c1-18-8-7-9-19(2)25(18)31-15-14-28-23-13-6-5-12-22(23)27-26(28)20-16-24(30)29(17-20)21-10-3-4-11-21/h5-9,12-13,20-21H,3-4,10-11,14-17H2,1-2H3. The van der Waals surface area contributed by atoms with Gasteiger partial charge in [-0.05, 0) is 49.9 Å². The van der Waals surface area contributed by atoms with Gasteiger partial charge in [-0.2, -0.15) is 0 Å². The van der Waals surface area contributed by atoms with Gasteiger partial charge in [0.05, 0.1) is 17.6 Å². The van der Waals surface area contributed by atoms with Gasteiger partial charge in [0.1, 0.15) is 18.2 Å². The van der Waals surface area contributed by atoms with Crippen LogP contribution in [0.1, 0.15) is 55.0 Å². The van der Waals surface area contributed by atoms with E-state index in [2.05, 4.69) is 59.7 Å². The molecule has 1 saturated heterocycles. The van der Waals surface area contributed by atoms with Crippen molar-refractivity contribution in [2.75, 3.05) is 13.2 Å². The molecule has 5 heteroatoms. The number of carbonyl (C=O) groups excluding carboxylic acids is 1. The summed E-state index contributed by atoms with van der Waals surface area (Å²) in [5, 5.41) is 0. The van der Waals surface area contributed by atoms with Crippen LogP contribution in [-0.4, -0.2) is 39.6 Å². The summed E-state index contributed by atoms with van der Waals surface area (Å²) in [4.78, 5) is 19.9. The first-order chi connectivity index (χ1) is 15.1. The lowest BCUT2D eigenvalue weighted by Crippen LogP contribution is -2.34. The molecule has 0 bridgehead atoms. The molecule has 2 aliphatic rings. The molecule has 2 aromatic carbocycles. The number of rotatable bonds is 6. The summed E-state index contributed by atoms with van der Waals surface area (Å²) in [5.74, 6) is 2.44. The molecule has 1 atom stereocenters. The lowest BCUT2D eigenvalue weighted by molar-refractivity contribution is -0.129. The molecule has 2 fully saturated rings. The molecule has 1 saturated carbocycles. The van der Waals surface area contributed by atoms with Crippen LogP contribution in [-0.2, 0) is 11.3 Å². The highest BCUT2D eigenvalue weighted by atomic mass is 16.5. The molecule has 0 radical (unpaired) electrons. The summed E-state index contributed by atoms with van der Waals surface area (Å²) >= 11 is 0. The fraction of sp³-hybridized carbons (Fsp3) is 0.462. The van der Waals surface area contributed by atoms with Gasteiger partial charge in [0.2, 0.25) is 5.91 Å². The van der Waals surface area contributed by atoms with Crippen LogP contribution in [0.5, 0.6) is 5.75 Å². The number of carbonyl (C=O) groups is 1. The molecule has 1 aromatic heterocycles. The van der Waals surface area contributed by atoms with E-state index < -0.39 is 0 Å². The van der Waals surface area contributed by atoms with Crippen LogP contribution in [0, 0.1) is 13.8 Å². The van der Waals surface area contributed by atoms with E-state index in [1.807, 2.05) is 6.07 Å². The summed E-state index contributed by atoms with van der Waals surface area (Å²) < 4.78 is 8.48. The van der Waals surface area contributed by atoms with E-state index in [-0.39, 0.29) is 5.92 Å². The number of aryl methyl sites for hydroxylation is 2. The van der Waals surface area contributed by atoms with Crippen molar-refractivity contribution in [3.63, 3.8) is 0 Å². The predicted octanol–water partition coefficient (Wildman–Crippen LogP) is 4.99. The molecule has 1 aliphatic carbocycles. The zero-order valence-electron chi connectivity index (χ0n) is 18.5. The zero-order chi connectivity index (χ0) is 21.4. The molecule has 5 rings (SSSR count). The number of aromatic nitrogens is 2. The van der Waals surface area contributed by atoms with Crippen LogP contribution >= 0.6 is 0 Å². The van der Waals surface area contributed by atoms with E-state index in [1.165, 1.54) is 12.8 Å². The fourth-order valence-electron chi connectivity index (χ4n) is 5.38. The highest BCUT2D eigenvalue weighted by molar-refractivity contribution is 5.81. The molecule has 2 heterocycles. The van der Waals surface area contributed by atoms with E-state index in [9.17, 15) is 4.79 Å². The molecule has 0 spiro atoms. The molecule has 1 aliphatic heterocycles. The van der Waals surface area contributed by atoms with Crippen LogP contribution in [0.4, 0.5) is 0 Å². The number of para-hydroxylation sites is 3. The Kier molecular flexibility index (Phi) is 5.43. The van der Waals surface area contributed by atoms with E-state index >= 15 is 0 Å². The topological polar surface area (TPSA) is 47.4 Å². The minimum Gasteiger partial charge on any atom is -0.491 e. The Bertz CT molecular complexity index is 1080. The minimum absolute atomic E-state index is 0.153. The molecular formula is C26H31N3O2. The highest BCUT2D eigenvalue weighted by Gasteiger charge is 2.38. The van der Waals surface area contributed by atoms with Crippen LogP contribution < -0.4 is 4.74 Å². The minimum atomic E-state index is 0.153. The van der Waals surface area contributed by atoms with Crippen molar-refractivity contribution in [2.24, 2.45) is 0 Å². The van der Waals surface area contributed by atoms with Crippen LogP contribution in [0.2, 0.25) is 0 Å². The third-order valence-corrected chi connectivity index (χ3v) is 6.94. The van der Waals surface area contributed by atoms with Crippen molar-refractivity contribution in [2.45, 2.75) is 64.5 Å². The molecule has 1 unspecified atom stereocenters. The number of nitrogens with zero attached hydrogens (tertiary/aromatic N) is 3. The Morgan fingerprint density at radius 2 is 1.77 bits per heavy atom. The number of amides is 1. The van der Waals surface area contributed by atoms with Gasteiger partial charge < -0.3 is 14.2 Å². The highest BCUT2D eigenvalue weighted by Crippen LogP contribution is 2.35. The first-order valence-electron chi connectivity index (χ1n) is 11.6. The lowest BCUT2D eigenvalue weighted by Gasteiger charge is -2.24. The van der Waals surface area contributed by atoms with Gasteiger partial charge in [0.15, 0.2) is 0 Å². The van der Waals surface area contributed by atoms with Crippen molar-refractivity contribution in [1.29, 1.82) is 0 Å². The second-order valence-electron chi connectivity index (χ2n) is 9.07. The number of likely N-dealkylation sites (tertiary alicyclic amines) is 1. The van der Waals surface area contributed by atoms with Crippen molar-refractivity contribution >= 4 is 16.9 Å². The molecule has 0 N–H and O–H groups in total. The maximum absolute atomic E-state index is 12.8. The lowest BCUT2D eigenvalue weighted by atomic mass is 10.1. The Balaban J connectivity index is 1.39. The van der Waals surface area contributed by atoms with Crippen molar-refractivity contribution < 1.29 is 9.53 Å². The average Bonchev–Trinajstić information content (AvgIpc) is 3.49. The molecule has 3 aromatic rings. The molecule has 5 nitrogen and oxygen atoms in total. The van der Waals surface area contributed by atoms with Crippen molar-refractivity contribution in [3.05, 3.63) is 59.4 Å². The van der Waals surface area contributed by atoms with Crippen LogP contribution in [0.15, 0.2) is 42.5 Å². The van der Waals surface area contributed by atoms with E-state index in [1.54, 1.807) is 0 Å². The molecule has 31 heavy (non-hydrogen) atoms.